The van der Waals surface area contributed by atoms with Gasteiger partial charge < -0.3 is 10.1 Å². The van der Waals surface area contributed by atoms with Crippen molar-refractivity contribution in [3.05, 3.63) is 78.4 Å². The van der Waals surface area contributed by atoms with E-state index in [9.17, 15) is 18.0 Å². The van der Waals surface area contributed by atoms with Crippen molar-refractivity contribution < 1.29 is 22.7 Å². The molecule has 2 aromatic carbocycles. The van der Waals surface area contributed by atoms with Crippen molar-refractivity contribution in [3.63, 3.8) is 0 Å². The first-order chi connectivity index (χ1) is 13.4. The lowest BCUT2D eigenvalue weighted by molar-refractivity contribution is -0.274. The first-order valence-corrected chi connectivity index (χ1v) is 8.40. The van der Waals surface area contributed by atoms with Crippen molar-refractivity contribution in [1.29, 1.82) is 0 Å². The molecule has 0 fully saturated rings. The molecule has 1 N–H and O–H groups in total. The van der Waals surface area contributed by atoms with E-state index in [2.05, 4.69) is 20.1 Å². The molecule has 1 heterocycles. The van der Waals surface area contributed by atoms with E-state index in [0.717, 1.165) is 5.56 Å². The third-order valence-corrected chi connectivity index (χ3v) is 3.89. The number of alkyl halides is 3. The normalized spacial score (nSPS) is 12.4. The minimum atomic E-state index is -4.75. The zero-order chi connectivity index (χ0) is 20.0. The summed E-state index contributed by atoms with van der Waals surface area (Å²) in [6.45, 7) is 0.397. The zero-order valence-electron chi connectivity index (χ0n) is 14.6. The van der Waals surface area contributed by atoms with Gasteiger partial charge >= 0.3 is 6.36 Å². The first kappa shape index (κ1) is 19.4. The van der Waals surface area contributed by atoms with Gasteiger partial charge in [-0.15, -0.1) is 13.2 Å². The van der Waals surface area contributed by atoms with Gasteiger partial charge in [-0.25, -0.2) is 4.98 Å². The molecule has 1 unspecified atom stereocenters. The maximum absolute atomic E-state index is 12.5. The Bertz CT molecular complexity index is 882. The van der Waals surface area contributed by atoms with Gasteiger partial charge in [0.25, 0.3) is 0 Å². The van der Waals surface area contributed by atoms with Gasteiger partial charge in [-0.3, -0.25) is 9.48 Å². The van der Waals surface area contributed by atoms with Gasteiger partial charge in [0.15, 0.2) is 0 Å². The van der Waals surface area contributed by atoms with Crippen molar-refractivity contribution in [2.75, 3.05) is 0 Å². The van der Waals surface area contributed by atoms with E-state index in [1.165, 1.54) is 30.6 Å². The largest absolute Gasteiger partial charge is 0.573 e. The van der Waals surface area contributed by atoms with Crippen LogP contribution in [0.2, 0.25) is 0 Å². The molecule has 0 aliphatic rings. The monoisotopic (exact) mass is 390 g/mol. The summed E-state index contributed by atoms with van der Waals surface area (Å²) >= 11 is 0. The highest BCUT2D eigenvalue weighted by atomic mass is 19.4. The number of halogens is 3. The van der Waals surface area contributed by atoms with Crippen LogP contribution in [0.3, 0.4) is 0 Å². The SMILES string of the molecule is O=C(Cc1ccc(OC(F)(F)F)cc1)NC(Cn1cncn1)c1ccccc1. The molecule has 0 spiro atoms. The van der Waals surface area contributed by atoms with Gasteiger partial charge in [0.1, 0.15) is 18.4 Å². The summed E-state index contributed by atoms with van der Waals surface area (Å²) in [4.78, 5) is 16.4. The van der Waals surface area contributed by atoms with Crippen LogP contribution in [0.1, 0.15) is 17.2 Å². The molecule has 1 amide bonds. The topological polar surface area (TPSA) is 69.0 Å². The lowest BCUT2D eigenvalue weighted by Gasteiger charge is -2.19. The number of amides is 1. The summed E-state index contributed by atoms with van der Waals surface area (Å²) in [6, 6.07) is 14.3. The van der Waals surface area contributed by atoms with E-state index in [-0.39, 0.29) is 24.1 Å². The van der Waals surface area contributed by atoms with Crippen LogP contribution >= 0.6 is 0 Å². The van der Waals surface area contributed by atoms with Crippen molar-refractivity contribution in [2.45, 2.75) is 25.4 Å². The zero-order valence-corrected chi connectivity index (χ0v) is 14.6. The quantitative estimate of drug-likeness (QED) is 0.672. The van der Waals surface area contributed by atoms with Crippen LogP contribution < -0.4 is 10.1 Å². The molecule has 3 aromatic rings. The van der Waals surface area contributed by atoms with Crippen LogP contribution in [0.4, 0.5) is 13.2 Å². The second-order valence-corrected chi connectivity index (χ2v) is 6.02. The maximum atomic E-state index is 12.5. The fraction of sp³-hybridized carbons (Fsp3) is 0.211. The highest BCUT2D eigenvalue weighted by Crippen LogP contribution is 2.23. The first-order valence-electron chi connectivity index (χ1n) is 8.40. The number of nitrogens with one attached hydrogen (secondary N) is 1. The van der Waals surface area contributed by atoms with Crippen molar-refractivity contribution in [1.82, 2.24) is 20.1 Å². The lowest BCUT2D eigenvalue weighted by atomic mass is 10.1. The molecule has 0 saturated carbocycles. The molecule has 6 nitrogen and oxygen atoms in total. The Morgan fingerprint density at radius 1 is 1.11 bits per heavy atom. The number of carbonyl (C=O) groups is 1. The molecule has 28 heavy (non-hydrogen) atoms. The molecule has 146 valence electrons. The number of carbonyl (C=O) groups excluding carboxylic acids is 1. The third kappa shape index (κ3) is 5.83. The van der Waals surface area contributed by atoms with Crippen LogP contribution in [-0.4, -0.2) is 27.0 Å². The lowest BCUT2D eigenvalue weighted by Crippen LogP contribution is -2.32. The van der Waals surface area contributed by atoms with Gasteiger partial charge in [-0.05, 0) is 23.3 Å². The second kappa shape index (κ2) is 8.55. The summed E-state index contributed by atoms with van der Waals surface area (Å²) in [5.41, 5.74) is 1.47. The van der Waals surface area contributed by atoms with Crippen LogP contribution in [0.25, 0.3) is 0 Å². The molecule has 0 bridgehead atoms. The van der Waals surface area contributed by atoms with E-state index in [1.54, 1.807) is 11.0 Å². The van der Waals surface area contributed by atoms with Gasteiger partial charge in [0.05, 0.1) is 19.0 Å². The number of aromatic nitrogens is 3. The van der Waals surface area contributed by atoms with Gasteiger partial charge in [0, 0.05) is 0 Å². The molecule has 1 aromatic heterocycles. The highest BCUT2D eigenvalue weighted by Gasteiger charge is 2.31. The molecule has 0 saturated heterocycles. The number of benzene rings is 2. The fourth-order valence-electron chi connectivity index (χ4n) is 2.67. The average Bonchev–Trinajstić information content (AvgIpc) is 3.15. The molecule has 3 rings (SSSR count). The Morgan fingerprint density at radius 3 is 2.43 bits per heavy atom. The molecule has 0 aliphatic heterocycles. The van der Waals surface area contributed by atoms with Crippen molar-refractivity contribution in [2.24, 2.45) is 0 Å². The van der Waals surface area contributed by atoms with E-state index >= 15 is 0 Å². The average molecular weight is 390 g/mol. The van der Waals surface area contributed by atoms with Gasteiger partial charge in [0.2, 0.25) is 5.91 Å². The van der Waals surface area contributed by atoms with E-state index in [4.69, 9.17) is 0 Å². The second-order valence-electron chi connectivity index (χ2n) is 6.02. The molecule has 9 heteroatoms. The van der Waals surface area contributed by atoms with E-state index < -0.39 is 6.36 Å². The predicted molar refractivity (Wildman–Crippen MR) is 94.2 cm³/mol. The van der Waals surface area contributed by atoms with E-state index in [1.807, 2.05) is 30.3 Å². The minimum absolute atomic E-state index is 0.0208. The summed E-state index contributed by atoms with van der Waals surface area (Å²) in [5.74, 6) is -0.594. The standard InChI is InChI=1S/C19H17F3N4O2/c20-19(21,22)28-16-8-6-14(7-9-16)10-18(27)25-17(11-26-13-23-12-24-26)15-4-2-1-3-5-15/h1-9,12-13,17H,10-11H2,(H,25,27). The Balaban J connectivity index is 1.65. The highest BCUT2D eigenvalue weighted by molar-refractivity contribution is 5.79. The number of ether oxygens (including phenoxy) is 1. The van der Waals surface area contributed by atoms with Crippen molar-refractivity contribution in [3.8, 4) is 5.75 Å². The summed E-state index contributed by atoms with van der Waals surface area (Å²) < 4.78 is 42.1. The van der Waals surface area contributed by atoms with Crippen LogP contribution in [0.5, 0.6) is 5.75 Å². The van der Waals surface area contributed by atoms with Gasteiger partial charge in [-0.2, -0.15) is 5.10 Å². The van der Waals surface area contributed by atoms with Gasteiger partial charge in [-0.1, -0.05) is 42.5 Å². The molecular formula is C19H17F3N4O2. The van der Waals surface area contributed by atoms with Crippen LogP contribution in [-0.2, 0) is 17.8 Å². The number of nitrogens with zero attached hydrogens (tertiary/aromatic N) is 3. The Morgan fingerprint density at radius 2 is 1.82 bits per heavy atom. The molecule has 0 radical (unpaired) electrons. The third-order valence-electron chi connectivity index (χ3n) is 3.89. The Kier molecular flexibility index (Phi) is 5.93. The molecule has 1 atom stereocenters. The Labute approximate surface area is 159 Å². The maximum Gasteiger partial charge on any atom is 0.573 e. The van der Waals surface area contributed by atoms with Crippen LogP contribution in [0.15, 0.2) is 67.3 Å². The number of rotatable bonds is 7. The Hall–Kier alpha value is -3.36. The fourth-order valence-corrected chi connectivity index (χ4v) is 2.67. The smallest absolute Gasteiger partial charge is 0.406 e. The predicted octanol–water partition coefficient (Wildman–Crippen LogP) is 3.28. The molecule has 0 aliphatic carbocycles. The van der Waals surface area contributed by atoms with E-state index in [0.29, 0.717) is 12.1 Å². The van der Waals surface area contributed by atoms with Crippen LogP contribution in [0, 0.1) is 0 Å². The summed E-state index contributed by atoms with van der Waals surface area (Å²) in [7, 11) is 0. The summed E-state index contributed by atoms with van der Waals surface area (Å²) in [6.07, 6.45) is -1.76. The van der Waals surface area contributed by atoms with Crippen molar-refractivity contribution >= 4 is 5.91 Å². The minimum Gasteiger partial charge on any atom is -0.406 e. The summed E-state index contributed by atoms with van der Waals surface area (Å²) in [5, 5.41) is 6.99. The molecular weight excluding hydrogens is 373 g/mol. The number of hydrogen-bond acceptors (Lipinski definition) is 4. The number of hydrogen-bond donors (Lipinski definition) is 1.